The standard InChI is InChI=1S/C10H19NO4S/c1-3-16(12,13)11-5-4-10(8-11)9-15-7-6-14-2/h3,10H,1,4-9H2,2H3. The van der Waals surface area contributed by atoms with Crippen LogP contribution in [0.2, 0.25) is 0 Å². The highest BCUT2D eigenvalue weighted by Gasteiger charge is 2.29. The molecule has 1 aliphatic rings. The van der Waals surface area contributed by atoms with Crippen molar-refractivity contribution in [2.24, 2.45) is 5.92 Å². The van der Waals surface area contributed by atoms with Gasteiger partial charge < -0.3 is 9.47 Å². The van der Waals surface area contributed by atoms with E-state index in [1.165, 1.54) is 4.31 Å². The summed E-state index contributed by atoms with van der Waals surface area (Å²) in [5, 5.41) is 1.00. The lowest BCUT2D eigenvalue weighted by atomic mass is 10.1. The quantitative estimate of drug-likeness (QED) is 0.615. The van der Waals surface area contributed by atoms with E-state index in [-0.39, 0.29) is 5.92 Å². The van der Waals surface area contributed by atoms with E-state index in [0.717, 1.165) is 11.8 Å². The smallest absolute Gasteiger partial charge is 0.235 e. The Morgan fingerprint density at radius 2 is 2.25 bits per heavy atom. The van der Waals surface area contributed by atoms with E-state index in [2.05, 4.69) is 6.58 Å². The molecule has 0 bridgehead atoms. The summed E-state index contributed by atoms with van der Waals surface area (Å²) < 4.78 is 34.6. The Hall–Kier alpha value is -0.430. The summed E-state index contributed by atoms with van der Waals surface area (Å²) in [7, 11) is -1.63. The van der Waals surface area contributed by atoms with Crippen molar-refractivity contribution in [1.29, 1.82) is 0 Å². The minimum Gasteiger partial charge on any atom is -0.382 e. The fourth-order valence-corrected chi connectivity index (χ4v) is 2.65. The van der Waals surface area contributed by atoms with Gasteiger partial charge in [-0.05, 0) is 12.3 Å². The highest BCUT2D eigenvalue weighted by molar-refractivity contribution is 7.92. The molecule has 0 N–H and O–H groups in total. The van der Waals surface area contributed by atoms with Crippen LogP contribution in [0.5, 0.6) is 0 Å². The third-order valence-electron chi connectivity index (χ3n) is 2.60. The highest BCUT2D eigenvalue weighted by atomic mass is 32.2. The number of ether oxygens (including phenoxy) is 2. The minimum atomic E-state index is -3.25. The molecule has 1 saturated heterocycles. The van der Waals surface area contributed by atoms with E-state index >= 15 is 0 Å². The van der Waals surface area contributed by atoms with Gasteiger partial charge in [0.1, 0.15) is 0 Å². The molecule has 1 fully saturated rings. The molecule has 6 heteroatoms. The van der Waals surface area contributed by atoms with Gasteiger partial charge in [0, 0.05) is 25.6 Å². The molecule has 0 radical (unpaired) electrons. The lowest BCUT2D eigenvalue weighted by molar-refractivity contribution is 0.0538. The Labute approximate surface area is 97.1 Å². The van der Waals surface area contributed by atoms with Crippen LogP contribution >= 0.6 is 0 Å². The van der Waals surface area contributed by atoms with Crippen molar-refractivity contribution >= 4 is 10.0 Å². The molecule has 1 rings (SSSR count). The third-order valence-corrected chi connectivity index (χ3v) is 4.08. The first-order valence-electron chi connectivity index (χ1n) is 5.29. The molecule has 0 aromatic heterocycles. The number of rotatable bonds is 7. The number of methoxy groups -OCH3 is 1. The Morgan fingerprint density at radius 1 is 1.50 bits per heavy atom. The van der Waals surface area contributed by atoms with Crippen LogP contribution in [0.4, 0.5) is 0 Å². The molecule has 1 heterocycles. The van der Waals surface area contributed by atoms with E-state index in [1.54, 1.807) is 7.11 Å². The monoisotopic (exact) mass is 249 g/mol. The maximum atomic E-state index is 11.5. The van der Waals surface area contributed by atoms with Crippen LogP contribution in [0.3, 0.4) is 0 Å². The first kappa shape index (κ1) is 13.6. The van der Waals surface area contributed by atoms with Crippen molar-refractivity contribution in [2.75, 3.05) is 40.0 Å². The largest absolute Gasteiger partial charge is 0.382 e. The summed E-state index contributed by atoms with van der Waals surface area (Å²) in [6.07, 6.45) is 0.847. The molecule has 0 spiro atoms. The number of hydrogen-bond acceptors (Lipinski definition) is 4. The first-order valence-corrected chi connectivity index (χ1v) is 6.79. The van der Waals surface area contributed by atoms with Crippen LogP contribution in [-0.4, -0.2) is 52.7 Å². The number of hydrogen-bond donors (Lipinski definition) is 0. The average molecular weight is 249 g/mol. The maximum Gasteiger partial charge on any atom is 0.235 e. The van der Waals surface area contributed by atoms with Gasteiger partial charge in [-0.15, -0.1) is 0 Å². The van der Waals surface area contributed by atoms with Gasteiger partial charge in [-0.1, -0.05) is 6.58 Å². The van der Waals surface area contributed by atoms with Crippen molar-refractivity contribution in [3.05, 3.63) is 12.0 Å². The van der Waals surface area contributed by atoms with Gasteiger partial charge in [-0.2, -0.15) is 4.31 Å². The minimum absolute atomic E-state index is 0.284. The molecule has 1 atom stereocenters. The average Bonchev–Trinajstić information content (AvgIpc) is 2.74. The fraction of sp³-hybridized carbons (Fsp3) is 0.800. The van der Waals surface area contributed by atoms with Gasteiger partial charge in [0.2, 0.25) is 10.0 Å². The summed E-state index contributed by atoms with van der Waals surface area (Å²) in [4.78, 5) is 0. The van der Waals surface area contributed by atoms with Crippen LogP contribution in [0.25, 0.3) is 0 Å². The first-order chi connectivity index (χ1) is 7.60. The summed E-state index contributed by atoms with van der Waals surface area (Å²) in [6.45, 7) is 6.12. The molecule has 94 valence electrons. The zero-order valence-electron chi connectivity index (χ0n) is 9.59. The molecular formula is C10H19NO4S. The predicted octanol–water partition coefficient (Wildman–Crippen LogP) is 0.445. The molecule has 0 aromatic rings. The Bertz CT molecular complexity index is 315. The highest BCUT2D eigenvalue weighted by Crippen LogP contribution is 2.20. The van der Waals surface area contributed by atoms with Crippen molar-refractivity contribution in [2.45, 2.75) is 6.42 Å². The van der Waals surface area contributed by atoms with Crippen LogP contribution < -0.4 is 0 Å². The summed E-state index contributed by atoms with van der Waals surface area (Å²) >= 11 is 0. The van der Waals surface area contributed by atoms with Crippen molar-refractivity contribution in [3.8, 4) is 0 Å². The van der Waals surface area contributed by atoms with E-state index in [0.29, 0.717) is 32.9 Å². The van der Waals surface area contributed by atoms with E-state index in [4.69, 9.17) is 9.47 Å². The Balaban J connectivity index is 2.28. The maximum absolute atomic E-state index is 11.5. The van der Waals surface area contributed by atoms with E-state index in [1.807, 2.05) is 0 Å². The zero-order chi connectivity index (χ0) is 12.0. The lowest BCUT2D eigenvalue weighted by Gasteiger charge is -2.13. The van der Waals surface area contributed by atoms with Crippen LogP contribution in [-0.2, 0) is 19.5 Å². The second-order valence-corrected chi connectivity index (χ2v) is 5.67. The molecule has 0 aliphatic carbocycles. The van der Waals surface area contributed by atoms with E-state index < -0.39 is 10.0 Å². The second-order valence-electron chi connectivity index (χ2n) is 3.79. The van der Waals surface area contributed by atoms with Gasteiger partial charge in [-0.3, -0.25) is 0 Å². The van der Waals surface area contributed by atoms with Crippen molar-refractivity contribution in [1.82, 2.24) is 4.31 Å². The van der Waals surface area contributed by atoms with Crippen LogP contribution in [0, 0.1) is 5.92 Å². The van der Waals surface area contributed by atoms with E-state index in [9.17, 15) is 8.42 Å². The molecule has 5 nitrogen and oxygen atoms in total. The zero-order valence-corrected chi connectivity index (χ0v) is 10.4. The van der Waals surface area contributed by atoms with Gasteiger partial charge in [0.25, 0.3) is 0 Å². The van der Waals surface area contributed by atoms with Crippen LogP contribution in [0.1, 0.15) is 6.42 Å². The molecule has 1 unspecified atom stereocenters. The molecule has 0 aromatic carbocycles. The Kier molecular flexibility index (Phi) is 5.40. The van der Waals surface area contributed by atoms with Gasteiger partial charge in [0.15, 0.2) is 0 Å². The number of nitrogens with zero attached hydrogens (tertiary/aromatic N) is 1. The third kappa shape index (κ3) is 3.86. The topological polar surface area (TPSA) is 55.8 Å². The summed E-state index contributed by atoms with van der Waals surface area (Å²) in [5.74, 6) is 0.284. The summed E-state index contributed by atoms with van der Waals surface area (Å²) in [6, 6.07) is 0. The molecule has 0 saturated carbocycles. The predicted molar refractivity (Wildman–Crippen MR) is 61.5 cm³/mol. The Morgan fingerprint density at radius 3 is 2.88 bits per heavy atom. The van der Waals surface area contributed by atoms with Gasteiger partial charge in [-0.25, -0.2) is 8.42 Å². The second kappa shape index (κ2) is 6.34. The molecule has 1 aliphatic heterocycles. The van der Waals surface area contributed by atoms with Gasteiger partial charge >= 0.3 is 0 Å². The fourth-order valence-electron chi connectivity index (χ4n) is 1.66. The van der Waals surface area contributed by atoms with Crippen LogP contribution in [0.15, 0.2) is 12.0 Å². The molecular weight excluding hydrogens is 230 g/mol. The van der Waals surface area contributed by atoms with Gasteiger partial charge in [0.05, 0.1) is 19.8 Å². The van der Waals surface area contributed by atoms with Crippen molar-refractivity contribution < 1.29 is 17.9 Å². The lowest BCUT2D eigenvalue weighted by Crippen LogP contribution is -2.27. The number of sulfonamides is 1. The normalized spacial score (nSPS) is 22.4. The molecule has 16 heavy (non-hydrogen) atoms. The SMILES string of the molecule is C=CS(=O)(=O)N1CCC(COCCOC)C1. The molecule has 0 amide bonds. The summed E-state index contributed by atoms with van der Waals surface area (Å²) in [5.41, 5.74) is 0. The van der Waals surface area contributed by atoms with Crippen molar-refractivity contribution in [3.63, 3.8) is 0 Å².